The first-order valence-corrected chi connectivity index (χ1v) is 9.27. The van der Waals surface area contributed by atoms with Gasteiger partial charge in [0.2, 0.25) is 11.8 Å². The molecule has 0 aromatic carbocycles. The summed E-state index contributed by atoms with van der Waals surface area (Å²) in [7, 11) is 0. The van der Waals surface area contributed by atoms with Crippen LogP contribution in [0.5, 0.6) is 0 Å². The summed E-state index contributed by atoms with van der Waals surface area (Å²) in [5.41, 5.74) is 6.19. The summed E-state index contributed by atoms with van der Waals surface area (Å²) in [5.74, 6) is 0.451. The zero-order valence-corrected chi connectivity index (χ0v) is 14.5. The van der Waals surface area contributed by atoms with E-state index < -0.39 is 6.04 Å². The lowest BCUT2D eigenvalue weighted by Crippen LogP contribution is -2.57. The van der Waals surface area contributed by atoms with E-state index in [0.717, 1.165) is 25.9 Å². The van der Waals surface area contributed by atoms with Gasteiger partial charge < -0.3 is 20.3 Å². The first kappa shape index (κ1) is 17.6. The van der Waals surface area contributed by atoms with E-state index in [1.165, 1.54) is 12.8 Å². The van der Waals surface area contributed by atoms with Crippen molar-refractivity contribution < 1.29 is 14.3 Å². The molecular weight excluding hydrogens is 308 g/mol. The molecular formula is C17H30N4O3. The number of nitrogens with zero attached hydrogens (tertiary/aromatic N) is 3. The lowest BCUT2D eigenvalue weighted by atomic mass is 9.91. The van der Waals surface area contributed by atoms with Crippen molar-refractivity contribution in [2.24, 2.45) is 11.7 Å². The van der Waals surface area contributed by atoms with Crippen molar-refractivity contribution in [3.8, 4) is 0 Å². The number of carbonyl (C=O) groups is 2. The van der Waals surface area contributed by atoms with Crippen molar-refractivity contribution in [3.63, 3.8) is 0 Å². The van der Waals surface area contributed by atoms with Crippen LogP contribution in [0, 0.1) is 5.92 Å². The second kappa shape index (κ2) is 8.27. The second-order valence-electron chi connectivity index (χ2n) is 7.16. The summed E-state index contributed by atoms with van der Waals surface area (Å²) >= 11 is 0. The van der Waals surface area contributed by atoms with E-state index in [0.29, 0.717) is 45.9 Å². The van der Waals surface area contributed by atoms with Gasteiger partial charge in [-0.15, -0.1) is 0 Å². The minimum Gasteiger partial charge on any atom is -0.381 e. The van der Waals surface area contributed by atoms with E-state index in [1.807, 2.05) is 9.80 Å². The third-order valence-electron chi connectivity index (χ3n) is 5.56. The molecule has 0 radical (unpaired) electrons. The van der Waals surface area contributed by atoms with Crippen LogP contribution >= 0.6 is 0 Å². The molecule has 7 nitrogen and oxygen atoms in total. The molecule has 0 spiro atoms. The topological polar surface area (TPSA) is 79.1 Å². The van der Waals surface area contributed by atoms with Gasteiger partial charge in [-0.1, -0.05) is 0 Å². The zero-order valence-electron chi connectivity index (χ0n) is 14.5. The zero-order chi connectivity index (χ0) is 16.9. The van der Waals surface area contributed by atoms with Crippen LogP contribution in [0.4, 0.5) is 0 Å². The Hall–Kier alpha value is -1.18. The van der Waals surface area contributed by atoms with Gasteiger partial charge in [-0.2, -0.15) is 0 Å². The molecule has 3 saturated heterocycles. The molecule has 0 aromatic rings. The number of likely N-dealkylation sites (tertiary alicyclic amines) is 1. The summed E-state index contributed by atoms with van der Waals surface area (Å²) in [4.78, 5) is 30.9. The molecule has 3 aliphatic rings. The van der Waals surface area contributed by atoms with Gasteiger partial charge in [0.25, 0.3) is 0 Å². The van der Waals surface area contributed by atoms with Crippen LogP contribution < -0.4 is 5.73 Å². The van der Waals surface area contributed by atoms with Crippen LogP contribution in [0.1, 0.15) is 25.7 Å². The second-order valence-corrected chi connectivity index (χ2v) is 7.16. The van der Waals surface area contributed by atoms with Gasteiger partial charge in [0.1, 0.15) is 0 Å². The van der Waals surface area contributed by atoms with Crippen LogP contribution in [0.15, 0.2) is 0 Å². The lowest BCUT2D eigenvalue weighted by molar-refractivity contribution is -0.142. The van der Waals surface area contributed by atoms with Gasteiger partial charge in [-0.3, -0.25) is 14.5 Å². The van der Waals surface area contributed by atoms with E-state index in [4.69, 9.17) is 10.5 Å². The van der Waals surface area contributed by atoms with Crippen molar-refractivity contribution in [1.82, 2.24) is 14.7 Å². The summed E-state index contributed by atoms with van der Waals surface area (Å²) in [6, 6.07) is -0.430. The van der Waals surface area contributed by atoms with Crippen LogP contribution in [-0.2, 0) is 14.3 Å². The summed E-state index contributed by atoms with van der Waals surface area (Å²) in [5, 5.41) is 0. The third kappa shape index (κ3) is 4.26. The van der Waals surface area contributed by atoms with Crippen molar-refractivity contribution in [2.75, 3.05) is 59.0 Å². The molecule has 7 heteroatoms. The molecule has 3 heterocycles. The van der Waals surface area contributed by atoms with Gasteiger partial charge in [0, 0.05) is 39.4 Å². The van der Waals surface area contributed by atoms with Gasteiger partial charge in [-0.05, 0) is 44.7 Å². The predicted molar refractivity (Wildman–Crippen MR) is 90.4 cm³/mol. The Kier molecular flexibility index (Phi) is 6.08. The highest BCUT2D eigenvalue weighted by Crippen LogP contribution is 2.19. The monoisotopic (exact) mass is 338 g/mol. The van der Waals surface area contributed by atoms with Gasteiger partial charge >= 0.3 is 0 Å². The largest absolute Gasteiger partial charge is 0.381 e. The maximum absolute atomic E-state index is 12.6. The Balaban J connectivity index is 1.43. The highest BCUT2D eigenvalue weighted by molar-refractivity contribution is 5.83. The lowest BCUT2D eigenvalue weighted by Gasteiger charge is -2.38. The molecule has 3 aliphatic heterocycles. The van der Waals surface area contributed by atoms with E-state index in [-0.39, 0.29) is 17.7 Å². The number of rotatable bonds is 4. The van der Waals surface area contributed by atoms with E-state index in [2.05, 4.69) is 4.90 Å². The molecule has 24 heavy (non-hydrogen) atoms. The molecule has 0 aliphatic carbocycles. The number of piperazine rings is 1. The number of nitrogens with two attached hydrogens (primary N) is 1. The van der Waals surface area contributed by atoms with Gasteiger partial charge in [0.15, 0.2) is 0 Å². The molecule has 2 amide bonds. The third-order valence-corrected chi connectivity index (χ3v) is 5.56. The van der Waals surface area contributed by atoms with Crippen molar-refractivity contribution in [2.45, 2.75) is 31.7 Å². The number of amides is 2. The van der Waals surface area contributed by atoms with Crippen LogP contribution in [0.25, 0.3) is 0 Å². The maximum Gasteiger partial charge on any atom is 0.239 e. The van der Waals surface area contributed by atoms with Crippen LogP contribution in [0.2, 0.25) is 0 Å². The van der Waals surface area contributed by atoms with Crippen molar-refractivity contribution in [1.29, 1.82) is 0 Å². The predicted octanol–water partition coefficient (Wildman–Crippen LogP) is -0.493. The smallest absolute Gasteiger partial charge is 0.239 e. The fourth-order valence-electron chi connectivity index (χ4n) is 3.90. The summed E-state index contributed by atoms with van der Waals surface area (Å²) < 4.78 is 5.34. The molecule has 3 rings (SSSR count). The molecule has 1 unspecified atom stereocenters. The van der Waals surface area contributed by atoms with E-state index >= 15 is 0 Å². The fraction of sp³-hybridized carbons (Fsp3) is 0.882. The minimum atomic E-state index is -0.430. The van der Waals surface area contributed by atoms with E-state index in [1.54, 1.807) is 0 Å². The molecule has 0 saturated carbocycles. The Morgan fingerprint density at radius 3 is 2.17 bits per heavy atom. The maximum atomic E-state index is 12.6. The number of hydrogen-bond donors (Lipinski definition) is 1. The number of hydrogen-bond acceptors (Lipinski definition) is 5. The van der Waals surface area contributed by atoms with Gasteiger partial charge in [-0.25, -0.2) is 0 Å². The average molecular weight is 338 g/mol. The summed E-state index contributed by atoms with van der Waals surface area (Å²) in [6.45, 7) is 6.43. The Labute approximate surface area is 144 Å². The normalized spacial score (nSPS) is 25.0. The van der Waals surface area contributed by atoms with E-state index in [9.17, 15) is 9.59 Å². The Morgan fingerprint density at radius 1 is 0.958 bits per heavy atom. The quantitative estimate of drug-likeness (QED) is 0.748. The van der Waals surface area contributed by atoms with Crippen molar-refractivity contribution in [3.05, 3.63) is 0 Å². The molecule has 0 bridgehead atoms. The SMILES string of the molecule is NC(C(=O)N1CCN(C(=O)CN2CCCC2)CC1)C1CCOCC1. The molecule has 0 aromatic heterocycles. The number of ether oxygens (including phenoxy) is 1. The van der Waals surface area contributed by atoms with Crippen LogP contribution in [0.3, 0.4) is 0 Å². The highest BCUT2D eigenvalue weighted by Gasteiger charge is 2.32. The Morgan fingerprint density at radius 2 is 1.54 bits per heavy atom. The highest BCUT2D eigenvalue weighted by atomic mass is 16.5. The molecule has 1 atom stereocenters. The van der Waals surface area contributed by atoms with Crippen LogP contribution in [-0.4, -0.2) is 91.6 Å². The number of carbonyl (C=O) groups excluding carboxylic acids is 2. The molecule has 3 fully saturated rings. The Bertz CT molecular complexity index is 439. The van der Waals surface area contributed by atoms with Crippen molar-refractivity contribution >= 4 is 11.8 Å². The first-order valence-electron chi connectivity index (χ1n) is 9.27. The molecule has 2 N–H and O–H groups in total. The molecule has 136 valence electrons. The fourth-order valence-corrected chi connectivity index (χ4v) is 3.90. The standard InChI is InChI=1S/C17H30N4O3/c18-16(14-3-11-24-12-4-14)17(23)21-9-7-20(8-10-21)15(22)13-19-5-1-2-6-19/h14,16H,1-13,18H2. The summed E-state index contributed by atoms with van der Waals surface area (Å²) in [6.07, 6.45) is 4.11. The first-order chi connectivity index (χ1) is 11.6. The minimum absolute atomic E-state index is 0.0357. The van der Waals surface area contributed by atoms with Gasteiger partial charge in [0.05, 0.1) is 12.6 Å². The average Bonchev–Trinajstić information content (AvgIpc) is 3.14.